The number of hydrogen-bond donors (Lipinski definition) is 1. The van der Waals surface area contributed by atoms with Gasteiger partial charge in [0.15, 0.2) is 0 Å². The maximum atomic E-state index is 12.1. The molecule has 0 heterocycles. The fourth-order valence-electron chi connectivity index (χ4n) is 1.01. The van der Waals surface area contributed by atoms with Gasteiger partial charge in [-0.1, -0.05) is 11.6 Å². The average molecular weight is 270 g/mol. The lowest BCUT2D eigenvalue weighted by Gasteiger charge is -2.08. The van der Waals surface area contributed by atoms with Gasteiger partial charge in [-0.2, -0.15) is 13.2 Å². The number of carbonyl (C=O) groups excluding carboxylic acids is 1. The zero-order valence-electron chi connectivity index (χ0n) is 8.06. The smallest absolute Gasteiger partial charge is 0.355 e. The van der Waals surface area contributed by atoms with E-state index in [0.717, 1.165) is 6.07 Å². The van der Waals surface area contributed by atoms with Crippen LogP contribution in [0.25, 0.3) is 0 Å². The number of thioether (sulfide) groups is 1. The van der Waals surface area contributed by atoms with E-state index >= 15 is 0 Å². The van der Waals surface area contributed by atoms with Crippen LogP contribution in [0.2, 0.25) is 5.02 Å². The van der Waals surface area contributed by atoms with E-state index in [0.29, 0.717) is 0 Å². The first-order valence-corrected chi connectivity index (χ1v) is 5.30. The van der Waals surface area contributed by atoms with E-state index in [1.807, 2.05) is 0 Å². The fourth-order valence-corrected chi connectivity index (χ4v) is 1.79. The maximum absolute atomic E-state index is 12.1. The number of rotatable bonds is 2. The molecule has 0 radical (unpaired) electrons. The van der Waals surface area contributed by atoms with Gasteiger partial charge in [0, 0.05) is 11.9 Å². The van der Waals surface area contributed by atoms with Gasteiger partial charge in [-0.25, -0.2) is 0 Å². The van der Waals surface area contributed by atoms with Crippen molar-refractivity contribution in [1.82, 2.24) is 5.32 Å². The quantitative estimate of drug-likeness (QED) is 0.835. The molecule has 2 nitrogen and oxygen atoms in total. The third-order valence-electron chi connectivity index (χ3n) is 1.64. The number of halogens is 4. The van der Waals surface area contributed by atoms with Crippen molar-refractivity contribution in [3.8, 4) is 0 Å². The van der Waals surface area contributed by atoms with Crippen LogP contribution in [-0.4, -0.2) is 18.5 Å². The Bertz CT molecular complexity index is 408. The molecule has 0 aliphatic heterocycles. The second-order valence-electron chi connectivity index (χ2n) is 2.77. The SMILES string of the molecule is CNC(=O)c1cc(SC(F)(F)F)ccc1Cl. The molecule has 0 saturated carbocycles. The zero-order valence-corrected chi connectivity index (χ0v) is 9.63. The van der Waals surface area contributed by atoms with Crippen LogP contribution in [0.3, 0.4) is 0 Å². The molecular weight excluding hydrogens is 263 g/mol. The maximum Gasteiger partial charge on any atom is 0.446 e. The summed E-state index contributed by atoms with van der Waals surface area (Å²) in [6.45, 7) is 0. The molecule has 0 aromatic heterocycles. The molecule has 7 heteroatoms. The van der Waals surface area contributed by atoms with Gasteiger partial charge in [0.25, 0.3) is 5.91 Å². The first kappa shape index (κ1) is 13.2. The third kappa shape index (κ3) is 3.61. The highest BCUT2D eigenvalue weighted by atomic mass is 35.5. The standard InChI is InChI=1S/C9H7ClF3NOS/c1-14-8(15)6-4-5(2-3-7(6)10)16-9(11,12)13/h2-4H,1H3,(H,14,15). The molecule has 1 rings (SSSR count). The predicted octanol–water partition coefficient (Wildman–Crippen LogP) is 3.31. The van der Waals surface area contributed by atoms with Crippen molar-refractivity contribution < 1.29 is 18.0 Å². The second kappa shape index (κ2) is 4.97. The minimum absolute atomic E-state index is 0.0263. The highest BCUT2D eigenvalue weighted by Crippen LogP contribution is 2.37. The lowest BCUT2D eigenvalue weighted by molar-refractivity contribution is -0.0328. The molecular formula is C9H7ClF3NOS. The van der Waals surface area contributed by atoms with E-state index in [2.05, 4.69) is 5.32 Å². The summed E-state index contributed by atoms with van der Waals surface area (Å²) in [5.41, 5.74) is -4.35. The molecule has 1 aromatic rings. The summed E-state index contributed by atoms with van der Waals surface area (Å²) in [4.78, 5) is 11.2. The van der Waals surface area contributed by atoms with Crippen molar-refractivity contribution in [3.63, 3.8) is 0 Å². The van der Waals surface area contributed by atoms with Crippen LogP contribution < -0.4 is 5.32 Å². The normalized spacial score (nSPS) is 11.3. The van der Waals surface area contributed by atoms with Crippen molar-refractivity contribution in [2.24, 2.45) is 0 Å². The number of alkyl halides is 3. The van der Waals surface area contributed by atoms with E-state index in [1.165, 1.54) is 19.2 Å². The Morgan fingerprint density at radius 1 is 1.44 bits per heavy atom. The Labute approximate surface area is 99.2 Å². The van der Waals surface area contributed by atoms with Crippen LogP contribution >= 0.6 is 23.4 Å². The molecule has 0 spiro atoms. The number of carbonyl (C=O) groups is 1. The van der Waals surface area contributed by atoms with E-state index in [-0.39, 0.29) is 27.2 Å². The highest BCUT2D eigenvalue weighted by Gasteiger charge is 2.29. The Kier molecular flexibility index (Phi) is 4.09. The molecule has 1 amide bonds. The lowest BCUT2D eigenvalue weighted by atomic mass is 10.2. The summed E-state index contributed by atoms with van der Waals surface area (Å²) < 4.78 is 36.3. The van der Waals surface area contributed by atoms with E-state index in [4.69, 9.17) is 11.6 Å². The molecule has 16 heavy (non-hydrogen) atoms. The summed E-state index contributed by atoms with van der Waals surface area (Å²) in [6.07, 6.45) is 0. The summed E-state index contributed by atoms with van der Waals surface area (Å²) in [5, 5.41) is 2.41. The number of amides is 1. The van der Waals surface area contributed by atoms with Crippen molar-refractivity contribution in [1.29, 1.82) is 0 Å². The van der Waals surface area contributed by atoms with Crippen LogP contribution in [0.15, 0.2) is 23.1 Å². The third-order valence-corrected chi connectivity index (χ3v) is 2.69. The van der Waals surface area contributed by atoms with E-state index in [1.54, 1.807) is 0 Å². The van der Waals surface area contributed by atoms with E-state index in [9.17, 15) is 18.0 Å². The molecule has 88 valence electrons. The van der Waals surface area contributed by atoms with E-state index < -0.39 is 11.4 Å². The predicted molar refractivity (Wildman–Crippen MR) is 56.8 cm³/mol. The van der Waals surface area contributed by atoms with Crippen molar-refractivity contribution in [2.45, 2.75) is 10.4 Å². The molecule has 0 aliphatic rings. The molecule has 1 aromatic carbocycles. The van der Waals surface area contributed by atoms with Gasteiger partial charge in [-0.15, -0.1) is 0 Å². The van der Waals surface area contributed by atoms with Crippen molar-refractivity contribution in [2.75, 3.05) is 7.05 Å². The molecule has 0 saturated heterocycles. The van der Waals surface area contributed by atoms with Gasteiger partial charge in [-0.05, 0) is 30.0 Å². The topological polar surface area (TPSA) is 29.1 Å². The first-order chi connectivity index (χ1) is 7.33. The minimum Gasteiger partial charge on any atom is -0.355 e. The summed E-state index contributed by atoms with van der Waals surface area (Å²) in [5.74, 6) is -0.519. The van der Waals surface area contributed by atoms with Crippen LogP contribution in [0.5, 0.6) is 0 Å². The Morgan fingerprint density at radius 2 is 2.06 bits per heavy atom. The molecule has 0 atom stereocenters. The van der Waals surface area contributed by atoms with Gasteiger partial charge in [-0.3, -0.25) is 4.79 Å². The van der Waals surface area contributed by atoms with Crippen molar-refractivity contribution in [3.05, 3.63) is 28.8 Å². The van der Waals surface area contributed by atoms with Crippen molar-refractivity contribution >= 4 is 29.3 Å². The average Bonchev–Trinajstić information content (AvgIpc) is 2.18. The molecule has 0 aliphatic carbocycles. The Balaban J connectivity index is 3.03. The molecule has 0 unspecified atom stereocenters. The second-order valence-corrected chi connectivity index (χ2v) is 4.31. The van der Waals surface area contributed by atoms with Crippen LogP contribution in [0.4, 0.5) is 13.2 Å². The lowest BCUT2D eigenvalue weighted by Crippen LogP contribution is -2.18. The monoisotopic (exact) mass is 269 g/mol. The van der Waals surface area contributed by atoms with Gasteiger partial charge >= 0.3 is 5.51 Å². The summed E-state index contributed by atoms with van der Waals surface area (Å²) in [7, 11) is 1.38. The van der Waals surface area contributed by atoms with Gasteiger partial charge < -0.3 is 5.32 Å². The molecule has 0 bridgehead atoms. The van der Waals surface area contributed by atoms with Gasteiger partial charge in [0.05, 0.1) is 10.6 Å². The number of hydrogen-bond acceptors (Lipinski definition) is 2. The van der Waals surface area contributed by atoms with Crippen LogP contribution in [0.1, 0.15) is 10.4 Å². The number of benzene rings is 1. The number of nitrogens with one attached hydrogen (secondary N) is 1. The van der Waals surface area contributed by atoms with Crippen LogP contribution in [-0.2, 0) is 0 Å². The zero-order chi connectivity index (χ0) is 12.3. The summed E-state index contributed by atoms with van der Waals surface area (Å²) in [6, 6.07) is 3.59. The Morgan fingerprint density at radius 3 is 2.56 bits per heavy atom. The van der Waals surface area contributed by atoms with Crippen LogP contribution in [0, 0.1) is 0 Å². The Hall–Kier alpha value is -0.880. The van der Waals surface area contributed by atoms with Gasteiger partial charge in [0.1, 0.15) is 0 Å². The minimum atomic E-state index is -4.38. The largest absolute Gasteiger partial charge is 0.446 e. The summed E-state index contributed by atoms with van der Waals surface area (Å²) >= 11 is 5.40. The first-order valence-electron chi connectivity index (χ1n) is 4.11. The highest BCUT2D eigenvalue weighted by molar-refractivity contribution is 8.00. The molecule has 0 fully saturated rings. The van der Waals surface area contributed by atoms with Gasteiger partial charge in [0.2, 0.25) is 0 Å². The molecule has 1 N–H and O–H groups in total. The fraction of sp³-hybridized carbons (Fsp3) is 0.222.